The highest BCUT2D eigenvalue weighted by atomic mass is 79.9. The summed E-state index contributed by atoms with van der Waals surface area (Å²) in [7, 11) is 4.12. The first-order valence-electron chi connectivity index (χ1n) is 4.14. The van der Waals surface area contributed by atoms with Gasteiger partial charge in [0.1, 0.15) is 4.60 Å². The van der Waals surface area contributed by atoms with Crippen molar-refractivity contribution in [1.82, 2.24) is 14.7 Å². The molecule has 72 valence electrons. The normalized spacial score (nSPS) is 10.8. The summed E-state index contributed by atoms with van der Waals surface area (Å²) in [5.74, 6) is 0. The largest absolute Gasteiger partial charge is 0.309 e. The maximum absolute atomic E-state index is 4.20. The average molecular weight is 244 g/mol. The van der Waals surface area contributed by atoms with Gasteiger partial charge in [0.15, 0.2) is 0 Å². The monoisotopic (exact) mass is 243 g/mol. The first-order chi connectivity index (χ1) is 6.13. The topological polar surface area (TPSA) is 21.1 Å². The van der Waals surface area contributed by atoms with Crippen LogP contribution in [-0.4, -0.2) is 35.3 Å². The van der Waals surface area contributed by atoms with E-state index in [9.17, 15) is 0 Å². The van der Waals surface area contributed by atoms with Gasteiger partial charge in [-0.05, 0) is 36.1 Å². The van der Waals surface area contributed by atoms with Crippen LogP contribution in [0.1, 0.15) is 5.69 Å². The highest BCUT2D eigenvalue weighted by molar-refractivity contribution is 9.10. The molecule has 0 aliphatic rings. The molecule has 0 saturated carbocycles. The van der Waals surface area contributed by atoms with E-state index in [1.54, 1.807) is 10.9 Å². The van der Waals surface area contributed by atoms with E-state index in [0.29, 0.717) is 0 Å². The molecule has 0 amide bonds. The summed E-state index contributed by atoms with van der Waals surface area (Å²) >= 11 is 3.34. The van der Waals surface area contributed by atoms with Crippen LogP contribution in [0.25, 0.3) is 6.20 Å². The van der Waals surface area contributed by atoms with Crippen LogP contribution < -0.4 is 0 Å². The van der Waals surface area contributed by atoms with Crippen molar-refractivity contribution in [2.24, 2.45) is 0 Å². The van der Waals surface area contributed by atoms with E-state index in [1.165, 1.54) is 5.69 Å². The summed E-state index contributed by atoms with van der Waals surface area (Å²) in [6, 6.07) is 2.02. The number of hydrogen-bond donors (Lipinski definition) is 0. The molecule has 1 rings (SSSR count). The summed E-state index contributed by atoms with van der Waals surface area (Å²) in [6.45, 7) is 4.72. The predicted molar refractivity (Wildman–Crippen MR) is 58.6 cm³/mol. The molecule has 0 bridgehead atoms. The maximum atomic E-state index is 4.20. The summed E-state index contributed by atoms with van der Waals surface area (Å²) in [4.78, 5) is 2.15. The Kier molecular flexibility index (Phi) is 3.69. The van der Waals surface area contributed by atoms with Crippen LogP contribution in [-0.2, 0) is 6.42 Å². The molecule has 0 saturated heterocycles. The summed E-state index contributed by atoms with van der Waals surface area (Å²) in [6.07, 6.45) is 2.70. The number of nitrogens with zero attached hydrogens (tertiary/aromatic N) is 3. The second-order valence-corrected chi connectivity index (χ2v) is 3.95. The molecular formula is C9H14BrN3. The Hall–Kier alpha value is -0.610. The van der Waals surface area contributed by atoms with Gasteiger partial charge < -0.3 is 4.90 Å². The second kappa shape index (κ2) is 4.58. The minimum atomic E-state index is 0.862. The van der Waals surface area contributed by atoms with Gasteiger partial charge in [0.2, 0.25) is 0 Å². The zero-order valence-corrected chi connectivity index (χ0v) is 9.58. The first-order valence-corrected chi connectivity index (χ1v) is 4.94. The minimum Gasteiger partial charge on any atom is -0.309 e. The molecule has 13 heavy (non-hydrogen) atoms. The van der Waals surface area contributed by atoms with Crippen LogP contribution in [0.4, 0.5) is 0 Å². The number of likely N-dealkylation sites (N-methyl/N-ethyl adjacent to an activating group) is 1. The smallest absolute Gasteiger partial charge is 0.128 e. The van der Waals surface area contributed by atoms with Crippen LogP contribution in [0.3, 0.4) is 0 Å². The number of halogens is 1. The molecule has 0 atom stereocenters. The second-order valence-electron chi connectivity index (χ2n) is 3.14. The Morgan fingerprint density at radius 1 is 1.69 bits per heavy atom. The quantitative estimate of drug-likeness (QED) is 0.805. The molecule has 4 heteroatoms. The van der Waals surface area contributed by atoms with Crippen LogP contribution in [0.2, 0.25) is 0 Å². The van der Waals surface area contributed by atoms with Crippen LogP contribution in [0, 0.1) is 0 Å². The number of rotatable bonds is 4. The molecule has 1 aromatic rings. The lowest BCUT2D eigenvalue weighted by molar-refractivity contribution is 0.410. The van der Waals surface area contributed by atoms with Crippen molar-refractivity contribution in [3.63, 3.8) is 0 Å². The Balaban J connectivity index is 2.69. The molecule has 0 spiro atoms. The van der Waals surface area contributed by atoms with Gasteiger partial charge in [-0.15, -0.1) is 0 Å². The van der Waals surface area contributed by atoms with E-state index < -0.39 is 0 Å². The molecule has 1 heterocycles. The predicted octanol–water partition coefficient (Wildman–Crippen LogP) is 1.85. The number of hydrogen-bond acceptors (Lipinski definition) is 2. The molecule has 0 aromatic carbocycles. The third-order valence-electron chi connectivity index (χ3n) is 1.77. The van der Waals surface area contributed by atoms with Gasteiger partial charge in [0.05, 0.1) is 0 Å². The fraction of sp³-hybridized carbons (Fsp3) is 0.444. The maximum Gasteiger partial charge on any atom is 0.128 e. The summed E-state index contributed by atoms with van der Waals surface area (Å²) in [5.41, 5.74) is 1.18. The van der Waals surface area contributed by atoms with E-state index in [0.717, 1.165) is 17.6 Å². The van der Waals surface area contributed by atoms with Gasteiger partial charge in [0, 0.05) is 24.9 Å². The van der Waals surface area contributed by atoms with Gasteiger partial charge in [-0.3, -0.25) is 0 Å². The van der Waals surface area contributed by atoms with E-state index in [4.69, 9.17) is 0 Å². The average Bonchev–Trinajstić information content (AvgIpc) is 2.42. The molecule has 0 N–H and O–H groups in total. The van der Waals surface area contributed by atoms with Gasteiger partial charge >= 0.3 is 0 Å². The van der Waals surface area contributed by atoms with Crippen molar-refractivity contribution in [3.8, 4) is 0 Å². The molecular weight excluding hydrogens is 230 g/mol. The van der Waals surface area contributed by atoms with E-state index in [-0.39, 0.29) is 0 Å². The van der Waals surface area contributed by atoms with Gasteiger partial charge in [0.25, 0.3) is 0 Å². The van der Waals surface area contributed by atoms with Crippen molar-refractivity contribution in [2.75, 3.05) is 20.6 Å². The molecule has 0 aliphatic carbocycles. The fourth-order valence-electron chi connectivity index (χ4n) is 1.08. The first kappa shape index (κ1) is 10.5. The Labute approximate surface area is 87.2 Å². The number of aromatic nitrogens is 2. The highest BCUT2D eigenvalue weighted by Gasteiger charge is 2.03. The van der Waals surface area contributed by atoms with Crippen LogP contribution in [0.5, 0.6) is 0 Å². The van der Waals surface area contributed by atoms with Crippen molar-refractivity contribution >= 4 is 22.1 Å². The zero-order chi connectivity index (χ0) is 9.84. The molecule has 0 unspecified atom stereocenters. The van der Waals surface area contributed by atoms with E-state index in [2.05, 4.69) is 46.6 Å². The van der Waals surface area contributed by atoms with Gasteiger partial charge in [-0.2, -0.15) is 5.10 Å². The molecule has 0 radical (unpaired) electrons. The molecule has 0 fully saturated rings. The van der Waals surface area contributed by atoms with E-state index >= 15 is 0 Å². The third kappa shape index (κ3) is 2.97. The van der Waals surface area contributed by atoms with Crippen LogP contribution in [0.15, 0.2) is 17.2 Å². The molecule has 3 nitrogen and oxygen atoms in total. The van der Waals surface area contributed by atoms with Crippen molar-refractivity contribution in [3.05, 3.63) is 22.9 Å². The standard InChI is InChI=1S/C9H14BrN3/c1-4-13-8(5-6-12(2)3)7-9(10)11-13/h4,7H,1,5-6H2,2-3H3. The van der Waals surface area contributed by atoms with Crippen LogP contribution >= 0.6 is 15.9 Å². The zero-order valence-electron chi connectivity index (χ0n) is 8.00. The lowest BCUT2D eigenvalue weighted by Gasteiger charge is -2.08. The highest BCUT2D eigenvalue weighted by Crippen LogP contribution is 2.11. The lowest BCUT2D eigenvalue weighted by atomic mass is 10.3. The van der Waals surface area contributed by atoms with Gasteiger partial charge in [-0.1, -0.05) is 6.58 Å². The Bertz CT molecular complexity index is 291. The molecule has 1 aromatic heterocycles. The fourth-order valence-corrected chi connectivity index (χ4v) is 1.52. The summed E-state index contributed by atoms with van der Waals surface area (Å²) in [5, 5.41) is 4.20. The Morgan fingerprint density at radius 3 is 2.92 bits per heavy atom. The third-order valence-corrected chi connectivity index (χ3v) is 2.16. The lowest BCUT2D eigenvalue weighted by Crippen LogP contribution is -2.16. The van der Waals surface area contributed by atoms with Crippen molar-refractivity contribution in [2.45, 2.75) is 6.42 Å². The Morgan fingerprint density at radius 2 is 2.38 bits per heavy atom. The van der Waals surface area contributed by atoms with Crippen molar-refractivity contribution < 1.29 is 0 Å². The SMILES string of the molecule is C=Cn1nc(Br)cc1CCN(C)C. The minimum absolute atomic E-state index is 0.862. The van der Waals surface area contributed by atoms with E-state index in [1.807, 2.05) is 6.07 Å². The molecule has 0 aliphatic heterocycles. The van der Waals surface area contributed by atoms with Crippen molar-refractivity contribution in [1.29, 1.82) is 0 Å². The van der Waals surface area contributed by atoms with Gasteiger partial charge in [-0.25, -0.2) is 4.68 Å². The summed E-state index contributed by atoms with van der Waals surface area (Å²) < 4.78 is 2.66.